The molecule has 0 aliphatic heterocycles. The molecule has 2 heterocycles. The van der Waals surface area contributed by atoms with Crippen LogP contribution in [0.1, 0.15) is 28.8 Å². The quantitative estimate of drug-likeness (QED) is 0.398. The minimum atomic E-state index is -0.333. The van der Waals surface area contributed by atoms with Crippen LogP contribution in [0.15, 0.2) is 71.9 Å². The second-order valence-corrected chi connectivity index (χ2v) is 7.73. The van der Waals surface area contributed by atoms with Gasteiger partial charge in [0, 0.05) is 17.7 Å². The van der Waals surface area contributed by atoms with E-state index < -0.39 is 0 Å². The van der Waals surface area contributed by atoms with E-state index in [1.807, 2.05) is 6.07 Å². The molecule has 0 bridgehead atoms. The molecule has 9 nitrogen and oxygen atoms in total. The number of para-hydroxylation sites is 2. The van der Waals surface area contributed by atoms with Crippen molar-refractivity contribution in [2.45, 2.75) is 18.9 Å². The van der Waals surface area contributed by atoms with Crippen LogP contribution in [0.3, 0.4) is 0 Å². The molecular formula is C24H20N6O3. The zero-order valence-electron chi connectivity index (χ0n) is 17.5. The van der Waals surface area contributed by atoms with E-state index in [2.05, 4.69) is 25.7 Å². The third-order valence-corrected chi connectivity index (χ3v) is 5.27. The van der Waals surface area contributed by atoms with Crippen molar-refractivity contribution in [2.24, 2.45) is 0 Å². The molecule has 0 saturated heterocycles. The standard InChI is InChI=1S/C24H20N6O3/c31-21(12-7-15-5-8-16(9-6-15)23(32)28-17-10-11-17)29-19-3-1-2-4-20(19)30-22-18(13-27-30)24(33)26-14-25-22/h1-9,12-14,17H,10-11H2,(H,28,32)(H,29,31)(H,25,26,33)/b12-7+. The normalized spacial score (nSPS) is 13.3. The van der Waals surface area contributed by atoms with Gasteiger partial charge in [0.1, 0.15) is 5.39 Å². The number of aromatic nitrogens is 4. The summed E-state index contributed by atoms with van der Waals surface area (Å²) in [7, 11) is 0. The smallest absolute Gasteiger partial charge is 0.261 e. The average molecular weight is 440 g/mol. The Morgan fingerprint density at radius 2 is 1.88 bits per heavy atom. The maximum Gasteiger partial charge on any atom is 0.261 e. The SMILES string of the molecule is O=C(/C=C/c1ccc(C(=O)NC2CC2)cc1)Nc1ccccc1-n1ncc2c(=O)[nH]cnc21. The molecule has 164 valence electrons. The molecule has 1 saturated carbocycles. The molecule has 1 aliphatic rings. The second kappa shape index (κ2) is 8.54. The lowest BCUT2D eigenvalue weighted by Crippen LogP contribution is -2.25. The molecule has 33 heavy (non-hydrogen) atoms. The number of rotatable bonds is 6. The van der Waals surface area contributed by atoms with Crippen molar-refractivity contribution in [3.8, 4) is 5.69 Å². The van der Waals surface area contributed by atoms with Gasteiger partial charge >= 0.3 is 0 Å². The molecule has 4 aromatic rings. The Bertz CT molecular complexity index is 1430. The van der Waals surface area contributed by atoms with Gasteiger partial charge in [-0.25, -0.2) is 9.67 Å². The summed E-state index contributed by atoms with van der Waals surface area (Å²) in [6.07, 6.45) is 7.92. The number of amides is 2. The Morgan fingerprint density at radius 3 is 2.67 bits per heavy atom. The van der Waals surface area contributed by atoms with E-state index in [-0.39, 0.29) is 17.4 Å². The number of hydrogen-bond acceptors (Lipinski definition) is 5. The topological polar surface area (TPSA) is 122 Å². The summed E-state index contributed by atoms with van der Waals surface area (Å²) >= 11 is 0. The lowest BCUT2D eigenvalue weighted by atomic mass is 10.1. The van der Waals surface area contributed by atoms with Gasteiger partial charge in [-0.05, 0) is 48.7 Å². The van der Waals surface area contributed by atoms with Gasteiger partial charge in [-0.3, -0.25) is 14.4 Å². The molecule has 0 atom stereocenters. The summed E-state index contributed by atoms with van der Waals surface area (Å²) in [5.74, 6) is -0.412. The van der Waals surface area contributed by atoms with Crippen molar-refractivity contribution in [3.05, 3.63) is 88.6 Å². The van der Waals surface area contributed by atoms with E-state index in [9.17, 15) is 14.4 Å². The third kappa shape index (κ3) is 4.42. The van der Waals surface area contributed by atoms with Crippen molar-refractivity contribution >= 4 is 34.6 Å². The van der Waals surface area contributed by atoms with Crippen LogP contribution in [-0.4, -0.2) is 37.6 Å². The van der Waals surface area contributed by atoms with Crippen molar-refractivity contribution in [2.75, 3.05) is 5.32 Å². The third-order valence-electron chi connectivity index (χ3n) is 5.27. The number of benzene rings is 2. The van der Waals surface area contributed by atoms with Crippen LogP contribution in [-0.2, 0) is 4.79 Å². The summed E-state index contributed by atoms with van der Waals surface area (Å²) in [6.45, 7) is 0. The highest BCUT2D eigenvalue weighted by molar-refractivity contribution is 6.03. The largest absolute Gasteiger partial charge is 0.349 e. The molecule has 9 heteroatoms. The van der Waals surface area contributed by atoms with Crippen molar-refractivity contribution < 1.29 is 9.59 Å². The number of nitrogens with one attached hydrogen (secondary N) is 3. The number of carbonyl (C=O) groups excluding carboxylic acids is 2. The molecule has 3 N–H and O–H groups in total. The van der Waals surface area contributed by atoms with Gasteiger partial charge < -0.3 is 15.6 Å². The Kier molecular flexibility index (Phi) is 5.27. The van der Waals surface area contributed by atoms with Crippen LogP contribution in [0.5, 0.6) is 0 Å². The highest BCUT2D eigenvalue weighted by Gasteiger charge is 2.23. The first-order chi connectivity index (χ1) is 16.1. The minimum Gasteiger partial charge on any atom is -0.349 e. The van der Waals surface area contributed by atoms with Crippen LogP contribution in [0.25, 0.3) is 22.8 Å². The molecular weight excluding hydrogens is 420 g/mol. The summed E-state index contributed by atoms with van der Waals surface area (Å²) in [5.41, 5.74) is 2.59. The zero-order chi connectivity index (χ0) is 22.8. The highest BCUT2D eigenvalue weighted by atomic mass is 16.2. The van der Waals surface area contributed by atoms with Gasteiger partial charge in [0.05, 0.1) is 23.9 Å². The summed E-state index contributed by atoms with van der Waals surface area (Å²) < 4.78 is 1.51. The molecule has 1 fully saturated rings. The van der Waals surface area contributed by atoms with Gasteiger partial charge in [-0.15, -0.1) is 0 Å². The first kappa shape index (κ1) is 20.4. The van der Waals surface area contributed by atoms with Gasteiger partial charge in [0.2, 0.25) is 5.91 Å². The highest BCUT2D eigenvalue weighted by Crippen LogP contribution is 2.22. The Hall–Kier alpha value is -4.53. The first-order valence-electron chi connectivity index (χ1n) is 10.5. The van der Waals surface area contributed by atoms with Gasteiger partial charge in [0.25, 0.3) is 11.5 Å². The number of anilines is 1. The summed E-state index contributed by atoms with van der Waals surface area (Å²) in [5, 5.41) is 10.4. The van der Waals surface area contributed by atoms with Crippen LogP contribution in [0.2, 0.25) is 0 Å². The van der Waals surface area contributed by atoms with Crippen LogP contribution < -0.4 is 16.2 Å². The molecule has 2 amide bonds. The lowest BCUT2D eigenvalue weighted by molar-refractivity contribution is -0.111. The monoisotopic (exact) mass is 440 g/mol. The van der Waals surface area contributed by atoms with E-state index in [0.29, 0.717) is 34.0 Å². The van der Waals surface area contributed by atoms with Crippen LogP contribution in [0.4, 0.5) is 5.69 Å². The van der Waals surface area contributed by atoms with Crippen molar-refractivity contribution in [1.82, 2.24) is 25.1 Å². The number of fused-ring (bicyclic) bond motifs is 1. The number of aromatic amines is 1. The Balaban J connectivity index is 1.31. The Morgan fingerprint density at radius 1 is 1.09 bits per heavy atom. The van der Waals surface area contributed by atoms with Crippen molar-refractivity contribution in [1.29, 1.82) is 0 Å². The van der Waals surface area contributed by atoms with Crippen molar-refractivity contribution in [3.63, 3.8) is 0 Å². The summed E-state index contributed by atoms with van der Waals surface area (Å²) in [4.78, 5) is 43.3. The van der Waals surface area contributed by atoms with Crippen LogP contribution >= 0.6 is 0 Å². The molecule has 1 aliphatic carbocycles. The summed E-state index contributed by atoms with van der Waals surface area (Å²) in [6, 6.07) is 14.5. The second-order valence-electron chi connectivity index (χ2n) is 7.73. The van der Waals surface area contributed by atoms with E-state index in [4.69, 9.17) is 0 Å². The van der Waals surface area contributed by atoms with Gasteiger partial charge in [-0.1, -0.05) is 24.3 Å². The zero-order valence-corrected chi connectivity index (χ0v) is 17.5. The molecule has 2 aromatic carbocycles. The first-order valence-corrected chi connectivity index (χ1v) is 10.5. The number of hydrogen-bond donors (Lipinski definition) is 3. The van der Waals surface area contributed by atoms with Gasteiger partial charge in [0.15, 0.2) is 5.65 Å². The average Bonchev–Trinajstić information content (AvgIpc) is 3.53. The lowest BCUT2D eigenvalue weighted by Gasteiger charge is -2.10. The fraction of sp³-hybridized carbons (Fsp3) is 0.125. The molecule has 0 unspecified atom stereocenters. The van der Waals surface area contributed by atoms with E-state index >= 15 is 0 Å². The van der Waals surface area contributed by atoms with E-state index in [1.165, 1.54) is 23.3 Å². The molecule has 5 rings (SSSR count). The number of nitrogens with zero attached hydrogens (tertiary/aromatic N) is 3. The number of carbonyl (C=O) groups is 2. The fourth-order valence-corrected chi connectivity index (χ4v) is 3.38. The Labute approximate surface area is 188 Å². The fourth-order valence-electron chi connectivity index (χ4n) is 3.38. The van der Waals surface area contributed by atoms with E-state index in [1.54, 1.807) is 48.5 Å². The van der Waals surface area contributed by atoms with Crippen LogP contribution in [0, 0.1) is 0 Å². The van der Waals surface area contributed by atoms with Gasteiger partial charge in [-0.2, -0.15) is 5.10 Å². The maximum absolute atomic E-state index is 12.6. The minimum absolute atomic E-state index is 0.0787. The number of H-pyrrole nitrogens is 1. The molecule has 0 spiro atoms. The van der Waals surface area contributed by atoms with E-state index in [0.717, 1.165) is 18.4 Å². The molecule has 0 radical (unpaired) electrons. The predicted molar refractivity (Wildman–Crippen MR) is 124 cm³/mol. The maximum atomic E-state index is 12.6. The molecule has 2 aromatic heterocycles. The predicted octanol–water partition coefficient (Wildman–Crippen LogP) is 2.65.